The van der Waals surface area contributed by atoms with Crippen molar-refractivity contribution in [2.45, 2.75) is 337 Å². The van der Waals surface area contributed by atoms with Gasteiger partial charge in [-0.05, 0) is 49.4 Å². The molecule has 0 heterocycles. The van der Waals surface area contributed by atoms with Crippen LogP contribution in [0.15, 0.2) is 0 Å². The molecule has 0 rings (SSSR count). The van der Waals surface area contributed by atoms with Crippen LogP contribution >= 0.6 is 15.6 Å². The predicted molar refractivity (Wildman–Crippen MR) is 340 cm³/mol. The molecule has 0 amide bonds. The van der Waals surface area contributed by atoms with Gasteiger partial charge in [-0.3, -0.25) is 37.3 Å². The Labute approximate surface area is 517 Å². The Balaban J connectivity index is 5.26. The number of phosphoric acid groups is 2. The molecule has 4 unspecified atom stereocenters. The highest BCUT2D eigenvalue weighted by Crippen LogP contribution is 2.45. The number of aliphatic hydroxyl groups is 1. The van der Waals surface area contributed by atoms with Gasteiger partial charge >= 0.3 is 39.5 Å². The Kier molecular flexibility index (Phi) is 54.8. The normalized spacial score (nSPS) is 14.7. The average molecular weight is 1260 g/mol. The van der Waals surface area contributed by atoms with Gasteiger partial charge in [0.2, 0.25) is 0 Å². The predicted octanol–water partition coefficient (Wildman–Crippen LogP) is 18.1. The summed E-state index contributed by atoms with van der Waals surface area (Å²) >= 11 is 0. The minimum absolute atomic E-state index is 0.102. The molecule has 0 saturated carbocycles. The SMILES string of the molecule is CCC(C)CCCCCCCCCCC(=O)O[C@H](COC(=O)CCCCCCCCCCC(C)C)COP(=O)(O)OCC(O)COP(=O)(O)OC[C@@H](COC(=O)CCCCCCCCCCCC(C)C)OC(=O)CCCCCCCCCC(C)C. The molecule has 0 bridgehead atoms. The van der Waals surface area contributed by atoms with E-state index in [4.69, 9.17) is 37.0 Å². The number of carbonyl (C=O) groups is 4. The van der Waals surface area contributed by atoms with Gasteiger partial charge in [-0.25, -0.2) is 9.13 Å². The van der Waals surface area contributed by atoms with Gasteiger partial charge in [0.15, 0.2) is 12.2 Å². The number of esters is 4. The fourth-order valence-electron chi connectivity index (χ4n) is 9.75. The number of ether oxygens (including phenoxy) is 4. The van der Waals surface area contributed by atoms with Crippen LogP contribution in [0, 0.1) is 23.7 Å². The zero-order valence-electron chi connectivity index (χ0n) is 55.2. The number of carbonyl (C=O) groups excluding carboxylic acids is 4. The van der Waals surface area contributed by atoms with Gasteiger partial charge in [0.05, 0.1) is 26.4 Å². The van der Waals surface area contributed by atoms with Crippen molar-refractivity contribution in [2.75, 3.05) is 39.6 Å². The molecule has 0 spiro atoms. The molecule has 85 heavy (non-hydrogen) atoms. The summed E-state index contributed by atoms with van der Waals surface area (Å²) in [6.45, 7) is 14.0. The Morgan fingerprint density at radius 2 is 0.565 bits per heavy atom. The summed E-state index contributed by atoms with van der Waals surface area (Å²) in [7, 11) is -9.89. The number of hydrogen-bond acceptors (Lipinski definition) is 15. The third-order valence-corrected chi connectivity index (χ3v) is 17.3. The average Bonchev–Trinajstić information content (AvgIpc) is 3.50. The molecule has 0 aliphatic rings. The third kappa shape index (κ3) is 59.5. The highest BCUT2D eigenvalue weighted by Gasteiger charge is 2.30. The van der Waals surface area contributed by atoms with Gasteiger partial charge in [0, 0.05) is 25.7 Å². The second kappa shape index (κ2) is 56.1. The van der Waals surface area contributed by atoms with Crippen molar-refractivity contribution in [2.24, 2.45) is 23.7 Å². The molecule has 0 aromatic heterocycles. The molecule has 19 heteroatoms. The van der Waals surface area contributed by atoms with E-state index < -0.39 is 97.5 Å². The van der Waals surface area contributed by atoms with Gasteiger partial charge < -0.3 is 33.8 Å². The zero-order chi connectivity index (χ0) is 63.2. The van der Waals surface area contributed by atoms with Gasteiger partial charge in [0.1, 0.15) is 19.3 Å². The lowest BCUT2D eigenvalue weighted by atomic mass is 9.99. The molecule has 0 fully saturated rings. The standard InChI is InChI=1S/C66H128O17P2/c1-9-59(8)45-37-29-21-14-16-24-32-40-48-65(70)82-61(52-77-64(69)47-39-31-23-15-13-19-27-35-43-57(4)5)54-80-84(72,73)78-50-60(67)51-79-85(74,75)81-55-62(83-66(71)49-41-33-25-17-20-28-36-44-58(6)7)53-76-63(68)46-38-30-22-12-10-11-18-26-34-42-56(2)3/h56-62,67H,9-55H2,1-8H3,(H,72,73)(H,74,75)/t59?,60?,61-,62-/m1/s1. The molecule has 0 saturated heterocycles. The van der Waals surface area contributed by atoms with E-state index in [-0.39, 0.29) is 25.7 Å². The van der Waals surface area contributed by atoms with Crippen LogP contribution in [-0.4, -0.2) is 96.7 Å². The summed E-state index contributed by atoms with van der Waals surface area (Å²) < 4.78 is 68.1. The van der Waals surface area contributed by atoms with Crippen LogP contribution < -0.4 is 0 Å². The fourth-order valence-corrected chi connectivity index (χ4v) is 11.3. The van der Waals surface area contributed by atoms with E-state index in [1.54, 1.807) is 0 Å². The first-order valence-electron chi connectivity index (χ1n) is 34.2. The van der Waals surface area contributed by atoms with Gasteiger partial charge in [-0.15, -0.1) is 0 Å². The summed E-state index contributed by atoms with van der Waals surface area (Å²) in [6.07, 6.45) is 36.3. The van der Waals surface area contributed by atoms with E-state index in [2.05, 4.69) is 55.4 Å². The van der Waals surface area contributed by atoms with E-state index in [9.17, 15) is 43.2 Å². The quantitative estimate of drug-likeness (QED) is 0.0222. The first kappa shape index (κ1) is 83.1. The van der Waals surface area contributed by atoms with E-state index in [1.807, 2.05) is 0 Å². The highest BCUT2D eigenvalue weighted by atomic mass is 31.2. The van der Waals surface area contributed by atoms with Crippen LogP contribution in [0.5, 0.6) is 0 Å². The van der Waals surface area contributed by atoms with Crippen molar-refractivity contribution < 1.29 is 80.2 Å². The van der Waals surface area contributed by atoms with Crippen molar-refractivity contribution in [3.63, 3.8) is 0 Å². The Morgan fingerprint density at radius 1 is 0.329 bits per heavy atom. The lowest BCUT2D eigenvalue weighted by Gasteiger charge is -2.21. The van der Waals surface area contributed by atoms with Crippen molar-refractivity contribution in [3.05, 3.63) is 0 Å². The van der Waals surface area contributed by atoms with Crippen LogP contribution in [0.25, 0.3) is 0 Å². The Morgan fingerprint density at radius 3 is 0.835 bits per heavy atom. The summed E-state index contributed by atoms with van der Waals surface area (Å²) in [5.41, 5.74) is 0. The Bertz CT molecular complexity index is 1700. The second-order valence-electron chi connectivity index (χ2n) is 25.5. The topological polar surface area (TPSA) is 237 Å². The maximum Gasteiger partial charge on any atom is 0.472 e. The van der Waals surface area contributed by atoms with E-state index in [0.717, 1.165) is 108 Å². The summed E-state index contributed by atoms with van der Waals surface area (Å²) in [6, 6.07) is 0. The first-order valence-corrected chi connectivity index (χ1v) is 37.2. The van der Waals surface area contributed by atoms with Crippen molar-refractivity contribution in [1.29, 1.82) is 0 Å². The monoisotopic (exact) mass is 1250 g/mol. The van der Waals surface area contributed by atoms with Crippen molar-refractivity contribution >= 4 is 39.5 Å². The lowest BCUT2D eigenvalue weighted by Crippen LogP contribution is -2.30. The third-order valence-electron chi connectivity index (χ3n) is 15.4. The number of unbranched alkanes of at least 4 members (excludes halogenated alkanes) is 28. The molecule has 504 valence electrons. The number of phosphoric ester groups is 2. The maximum atomic E-state index is 13.0. The summed E-state index contributed by atoms with van der Waals surface area (Å²) in [5.74, 6) is 0.797. The van der Waals surface area contributed by atoms with Gasteiger partial charge in [0.25, 0.3) is 0 Å². The van der Waals surface area contributed by atoms with Crippen molar-refractivity contribution in [1.82, 2.24) is 0 Å². The van der Waals surface area contributed by atoms with Crippen LogP contribution in [0.2, 0.25) is 0 Å². The van der Waals surface area contributed by atoms with Crippen LogP contribution in [0.1, 0.15) is 319 Å². The molecule has 3 N–H and O–H groups in total. The molecule has 6 atom stereocenters. The molecular formula is C66H128O17P2. The van der Waals surface area contributed by atoms with Gasteiger partial charge in [-0.2, -0.15) is 0 Å². The minimum atomic E-state index is -4.95. The lowest BCUT2D eigenvalue weighted by molar-refractivity contribution is -0.161. The second-order valence-corrected chi connectivity index (χ2v) is 28.4. The van der Waals surface area contributed by atoms with Crippen LogP contribution in [-0.2, 0) is 65.4 Å². The first-order chi connectivity index (χ1) is 40.6. The number of aliphatic hydroxyl groups excluding tert-OH is 1. The largest absolute Gasteiger partial charge is 0.472 e. The number of rotatable bonds is 63. The summed E-state index contributed by atoms with van der Waals surface area (Å²) in [5, 5.41) is 10.6. The van der Waals surface area contributed by atoms with Crippen molar-refractivity contribution in [3.8, 4) is 0 Å². The smallest absolute Gasteiger partial charge is 0.462 e. The Hall–Kier alpha value is -1.94. The zero-order valence-corrected chi connectivity index (χ0v) is 57.0. The molecule has 0 aromatic rings. The van der Waals surface area contributed by atoms with Crippen LogP contribution in [0.4, 0.5) is 0 Å². The van der Waals surface area contributed by atoms with Gasteiger partial charge in [-0.1, -0.05) is 267 Å². The van der Waals surface area contributed by atoms with Crippen LogP contribution in [0.3, 0.4) is 0 Å². The molecule has 0 aliphatic carbocycles. The maximum absolute atomic E-state index is 13.0. The molecule has 0 aliphatic heterocycles. The van der Waals surface area contributed by atoms with E-state index >= 15 is 0 Å². The van der Waals surface area contributed by atoms with E-state index in [1.165, 1.54) is 122 Å². The fraction of sp³-hybridized carbons (Fsp3) is 0.939. The highest BCUT2D eigenvalue weighted by molar-refractivity contribution is 7.47. The minimum Gasteiger partial charge on any atom is -0.462 e. The molecular weight excluding hydrogens is 1130 g/mol. The molecule has 0 aromatic carbocycles. The molecule has 17 nitrogen and oxygen atoms in total. The van der Waals surface area contributed by atoms with E-state index in [0.29, 0.717) is 31.6 Å². The molecule has 0 radical (unpaired) electrons. The summed E-state index contributed by atoms with van der Waals surface area (Å²) in [4.78, 5) is 72.3. The number of hydrogen-bond donors (Lipinski definition) is 3.